The van der Waals surface area contributed by atoms with Crippen LogP contribution in [0.5, 0.6) is 0 Å². The first-order chi connectivity index (χ1) is 8.58. The largest absolute Gasteiger partial charge is 0.339 e. The fraction of sp³-hybridized carbons (Fsp3) is 0.455. The van der Waals surface area contributed by atoms with Crippen LogP contribution < -0.4 is 4.90 Å². The molecule has 0 aromatic carbocycles. The number of hydrogen-bond donors (Lipinski definition) is 0. The molecule has 18 heavy (non-hydrogen) atoms. The lowest BCUT2D eigenvalue weighted by atomic mass is 10.00. The van der Waals surface area contributed by atoms with Gasteiger partial charge in [0.15, 0.2) is 0 Å². The minimum atomic E-state index is -0.241. The summed E-state index contributed by atoms with van der Waals surface area (Å²) in [7, 11) is 1.55. The molecule has 1 aromatic rings. The molecule has 0 saturated carbocycles. The van der Waals surface area contributed by atoms with Crippen molar-refractivity contribution in [1.82, 2.24) is 14.9 Å². The average Bonchev–Trinajstić information content (AvgIpc) is 2.88. The fourth-order valence-corrected chi connectivity index (χ4v) is 2.75. The van der Waals surface area contributed by atoms with Crippen molar-refractivity contribution in [3.8, 4) is 0 Å². The Morgan fingerprint density at radius 2 is 1.67 bits per heavy atom. The van der Waals surface area contributed by atoms with Gasteiger partial charge in [0.25, 0.3) is 0 Å². The van der Waals surface area contributed by atoms with Crippen molar-refractivity contribution >= 4 is 33.7 Å². The molecule has 2 saturated heterocycles. The van der Waals surface area contributed by atoms with Crippen LogP contribution in [0.4, 0.5) is 5.95 Å². The number of imide groups is 1. The molecule has 6 nitrogen and oxygen atoms in total. The van der Waals surface area contributed by atoms with Crippen molar-refractivity contribution in [3.63, 3.8) is 0 Å². The van der Waals surface area contributed by atoms with Gasteiger partial charge in [-0.15, -0.1) is 0 Å². The van der Waals surface area contributed by atoms with E-state index in [2.05, 4.69) is 25.9 Å². The number of amides is 2. The molecule has 0 spiro atoms. The number of carbonyl (C=O) groups is 2. The fourth-order valence-electron chi connectivity index (χ4n) is 2.54. The zero-order valence-corrected chi connectivity index (χ0v) is 11.3. The maximum Gasteiger partial charge on any atom is 0.234 e. The van der Waals surface area contributed by atoms with Crippen LogP contribution in [0, 0.1) is 11.8 Å². The Kier molecular flexibility index (Phi) is 2.58. The Labute approximate surface area is 112 Å². The van der Waals surface area contributed by atoms with E-state index in [4.69, 9.17) is 0 Å². The molecular weight excluding hydrogens is 300 g/mol. The zero-order chi connectivity index (χ0) is 12.9. The normalized spacial score (nSPS) is 27.0. The second-order valence-corrected chi connectivity index (χ2v) is 5.47. The van der Waals surface area contributed by atoms with Gasteiger partial charge >= 0.3 is 0 Å². The highest BCUT2D eigenvalue weighted by molar-refractivity contribution is 9.10. The van der Waals surface area contributed by atoms with Crippen LogP contribution in [0.1, 0.15) is 0 Å². The Morgan fingerprint density at radius 3 is 2.17 bits per heavy atom. The monoisotopic (exact) mass is 310 g/mol. The van der Waals surface area contributed by atoms with Crippen LogP contribution in [0.2, 0.25) is 0 Å². The average molecular weight is 311 g/mol. The quantitative estimate of drug-likeness (QED) is 0.698. The van der Waals surface area contributed by atoms with E-state index in [-0.39, 0.29) is 23.7 Å². The van der Waals surface area contributed by atoms with Crippen molar-refractivity contribution in [2.45, 2.75) is 0 Å². The summed E-state index contributed by atoms with van der Waals surface area (Å²) in [6.45, 7) is 1.03. The molecule has 2 aliphatic rings. The van der Waals surface area contributed by atoms with Crippen LogP contribution in [-0.2, 0) is 9.59 Å². The number of hydrogen-bond acceptors (Lipinski definition) is 5. The summed E-state index contributed by atoms with van der Waals surface area (Å²) >= 11 is 3.27. The highest BCUT2D eigenvalue weighted by atomic mass is 79.9. The van der Waals surface area contributed by atoms with Gasteiger partial charge in [0.1, 0.15) is 0 Å². The lowest BCUT2D eigenvalue weighted by Crippen LogP contribution is -2.33. The molecule has 3 rings (SSSR count). The van der Waals surface area contributed by atoms with Gasteiger partial charge in [-0.1, -0.05) is 0 Å². The summed E-state index contributed by atoms with van der Waals surface area (Å²) in [6, 6.07) is 0. The van der Waals surface area contributed by atoms with E-state index < -0.39 is 0 Å². The summed E-state index contributed by atoms with van der Waals surface area (Å²) in [5.41, 5.74) is 0. The van der Waals surface area contributed by atoms with Gasteiger partial charge in [-0.25, -0.2) is 9.97 Å². The number of anilines is 1. The lowest BCUT2D eigenvalue weighted by molar-refractivity contribution is -0.138. The predicted octanol–water partition coefficient (Wildman–Crippen LogP) is 0.290. The number of carbonyl (C=O) groups excluding carboxylic acids is 2. The number of halogens is 1. The van der Waals surface area contributed by atoms with Crippen LogP contribution >= 0.6 is 15.9 Å². The Morgan fingerprint density at radius 1 is 1.17 bits per heavy atom. The number of likely N-dealkylation sites (tertiary alicyclic amines) is 1. The number of rotatable bonds is 1. The SMILES string of the molecule is CN1C(=O)C2CN(c3ncc(Br)cn3)CC2C1=O. The molecule has 1 aromatic heterocycles. The molecule has 0 radical (unpaired) electrons. The van der Waals surface area contributed by atoms with E-state index in [0.29, 0.717) is 19.0 Å². The van der Waals surface area contributed by atoms with Crippen LogP contribution in [0.15, 0.2) is 16.9 Å². The van der Waals surface area contributed by atoms with E-state index in [1.54, 1.807) is 19.4 Å². The maximum absolute atomic E-state index is 11.9. The molecular formula is C11H11BrN4O2. The summed E-state index contributed by atoms with van der Waals surface area (Å²) in [5.74, 6) is -0.102. The van der Waals surface area contributed by atoms with Crippen molar-refractivity contribution in [3.05, 3.63) is 16.9 Å². The van der Waals surface area contributed by atoms with Gasteiger partial charge in [0.05, 0.1) is 16.3 Å². The van der Waals surface area contributed by atoms with Gasteiger partial charge in [0, 0.05) is 32.5 Å². The number of nitrogens with zero attached hydrogens (tertiary/aromatic N) is 4. The predicted molar refractivity (Wildman–Crippen MR) is 66.7 cm³/mol. The van der Waals surface area contributed by atoms with Gasteiger partial charge in [-0.2, -0.15) is 0 Å². The van der Waals surface area contributed by atoms with Crippen LogP contribution in [0.25, 0.3) is 0 Å². The summed E-state index contributed by atoms with van der Waals surface area (Å²) in [6.07, 6.45) is 3.32. The van der Waals surface area contributed by atoms with Gasteiger partial charge in [-0.3, -0.25) is 14.5 Å². The van der Waals surface area contributed by atoms with Crippen molar-refractivity contribution in [1.29, 1.82) is 0 Å². The summed E-state index contributed by atoms with van der Waals surface area (Å²) < 4.78 is 0.803. The lowest BCUT2D eigenvalue weighted by Gasteiger charge is -2.18. The molecule has 0 bridgehead atoms. The van der Waals surface area contributed by atoms with Crippen molar-refractivity contribution < 1.29 is 9.59 Å². The third kappa shape index (κ3) is 1.61. The first-order valence-corrected chi connectivity index (χ1v) is 6.41. The Hall–Kier alpha value is -1.50. The highest BCUT2D eigenvalue weighted by Gasteiger charge is 2.51. The van der Waals surface area contributed by atoms with Crippen molar-refractivity contribution in [2.75, 3.05) is 25.0 Å². The minimum Gasteiger partial charge on any atom is -0.339 e. The topological polar surface area (TPSA) is 66.4 Å². The van der Waals surface area contributed by atoms with Gasteiger partial charge < -0.3 is 4.90 Å². The van der Waals surface area contributed by atoms with Gasteiger partial charge in [0.2, 0.25) is 17.8 Å². The molecule has 94 valence electrons. The second-order valence-electron chi connectivity index (χ2n) is 4.55. The molecule has 2 fully saturated rings. The zero-order valence-electron chi connectivity index (χ0n) is 9.71. The van der Waals surface area contributed by atoms with Gasteiger partial charge in [-0.05, 0) is 15.9 Å². The number of fused-ring (bicyclic) bond motifs is 1. The van der Waals surface area contributed by atoms with E-state index in [1.807, 2.05) is 4.90 Å². The molecule has 2 amide bonds. The second kappa shape index (κ2) is 4.01. The molecule has 7 heteroatoms. The minimum absolute atomic E-state index is 0.0930. The van der Waals surface area contributed by atoms with Crippen LogP contribution in [0.3, 0.4) is 0 Å². The van der Waals surface area contributed by atoms with Crippen molar-refractivity contribution in [2.24, 2.45) is 11.8 Å². The molecule has 2 atom stereocenters. The molecule has 2 aliphatic heterocycles. The van der Waals surface area contributed by atoms with E-state index in [0.717, 1.165) is 4.47 Å². The van der Waals surface area contributed by atoms with Crippen LogP contribution in [-0.4, -0.2) is 46.8 Å². The number of aromatic nitrogens is 2. The maximum atomic E-state index is 11.9. The van der Waals surface area contributed by atoms with E-state index in [1.165, 1.54) is 4.90 Å². The van der Waals surface area contributed by atoms with E-state index in [9.17, 15) is 9.59 Å². The molecule has 0 N–H and O–H groups in total. The first-order valence-electron chi connectivity index (χ1n) is 5.62. The molecule has 0 aliphatic carbocycles. The highest BCUT2D eigenvalue weighted by Crippen LogP contribution is 2.33. The smallest absolute Gasteiger partial charge is 0.234 e. The summed E-state index contributed by atoms with van der Waals surface area (Å²) in [4.78, 5) is 35.2. The third-order valence-electron chi connectivity index (χ3n) is 3.50. The Balaban J connectivity index is 1.83. The van der Waals surface area contributed by atoms with E-state index >= 15 is 0 Å². The molecule has 3 heterocycles. The Bertz CT molecular complexity index is 494. The third-order valence-corrected chi connectivity index (χ3v) is 3.91. The summed E-state index contributed by atoms with van der Waals surface area (Å²) in [5, 5.41) is 0. The molecule has 2 unspecified atom stereocenters. The first kappa shape index (κ1) is 11.6. The standard InChI is InChI=1S/C11H11BrN4O2/c1-15-9(17)7-4-16(5-8(7)10(15)18)11-13-2-6(12)3-14-11/h2-3,7-8H,4-5H2,1H3.